The highest BCUT2D eigenvalue weighted by Crippen LogP contribution is 2.40. The molecule has 0 fully saturated rings. The molecule has 12 heteroatoms. The van der Waals surface area contributed by atoms with Crippen LogP contribution in [-0.4, -0.2) is 30.8 Å². The molecule has 184 valence electrons. The van der Waals surface area contributed by atoms with Gasteiger partial charge in [0.2, 0.25) is 5.88 Å². The lowest BCUT2D eigenvalue weighted by Crippen LogP contribution is -2.29. The highest BCUT2D eigenvalue weighted by molar-refractivity contribution is 6.45. The number of nitrogens with one attached hydrogen (secondary N) is 1. The molecule has 0 aliphatic heterocycles. The summed E-state index contributed by atoms with van der Waals surface area (Å²) in [7, 11) is 2.80. The van der Waals surface area contributed by atoms with Crippen molar-refractivity contribution in [1.29, 1.82) is 0 Å². The highest BCUT2D eigenvalue weighted by Gasteiger charge is 2.30. The minimum absolute atomic E-state index is 0.00229. The quantitative estimate of drug-likeness (QED) is 0.292. The Morgan fingerprint density at radius 1 is 1.11 bits per heavy atom. The Balaban J connectivity index is 1.78. The molecule has 0 aliphatic carbocycles. The number of hydrogen-bond acceptors (Lipinski definition) is 6. The van der Waals surface area contributed by atoms with E-state index in [9.17, 15) is 18.0 Å². The number of amides is 1. The van der Waals surface area contributed by atoms with Crippen molar-refractivity contribution in [2.45, 2.75) is 12.8 Å². The van der Waals surface area contributed by atoms with Crippen LogP contribution >= 0.6 is 23.2 Å². The van der Waals surface area contributed by atoms with Crippen LogP contribution in [0.1, 0.15) is 16.7 Å². The normalized spacial score (nSPS) is 11.7. The number of benzene rings is 2. The summed E-state index contributed by atoms with van der Waals surface area (Å²) in [6.07, 6.45) is -3.87. The molecule has 0 spiro atoms. The maximum absolute atomic E-state index is 12.7. The topological polar surface area (TPSA) is 82.0 Å². The van der Waals surface area contributed by atoms with Gasteiger partial charge in [0.25, 0.3) is 5.91 Å². The third-order valence-corrected chi connectivity index (χ3v) is 5.10. The molecule has 0 atom stereocenters. The Morgan fingerprint density at radius 3 is 2.37 bits per heavy atom. The molecule has 7 nitrogen and oxygen atoms in total. The Hall–Kier alpha value is -3.50. The minimum atomic E-state index is -4.52. The van der Waals surface area contributed by atoms with Crippen LogP contribution in [-0.2, 0) is 22.4 Å². The Bertz CT molecular complexity index is 1210. The smallest absolute Gasteiger partial charge is 0.417 e. The lowest BCUT2D eigenvalue weighted by Gasteiger charge is -2.14. The van der Waals surface area contributed by atoms with E-state index in [0.717, 1.165) is 12.1 Å². The van der Waals surface area contributed by atoms with E-state index >= 15 is 0 Å². The van der Waals surface area contributed by atoms with Crippen molar-refractivity contribution in [3.05, 3.63) is 81.5 Å². The molecule has 3 aromatic rings. The van der Waals surface area contributed by atoms with Crippen LogP contribution in [0.5, 0.6) is 17.4 Å². The summed E-state index contributed by atoms with van der Waals surface area (Å²) in [5, 5.41) is 6.40. The van der Waals surface area contributed by atoms with Crippen molar-refractivity contribution in [1.82, 2.24) is 10.3 Å². The molecule has 35 heavy (non-hydrogen) atoms. The van der Waals surface area contributed by atoms with Crippen LogP contribution in [0.4, 0.5) is 13.2 Å². The van der Waals surface area contributed by atoms with E-state index in [1.165, 1.54) is 26.3 Å². The average Bonchev–Trinajstić information content (AvgIpc) is 2.83. The van der Waals surface area contributed by atoms with Gasteiger partial charge in [-0.05, 0) is 11.6 Å². The van der Waals surface area contributed by atoms with Crippen LogP contribution in [0.3, 0.4) is 0 Å². The van der Waals surface area contributed by atoms with Gasteiger partial charge in [0.05, 0.1) is 15.6 Å². The predicted molar refractivity (Wildman–Crippen MR) is 124 cm³/mol. The van der Waals surface area contributed by atoms with Crippen molar-refractivity contribution >= 4 is 34.8 Å². The van der Waals surface area contributed by atoms with Crippen LogP contribution in [0.2, 0.25) is 10.0 Å². The molecule has 1 amide bonds. The van der Waals surface area contributed by atoms with Gasteiger partial charge in [-0.2, -0.15) is 13.2 Å². The molecular formula is C23H18Cl2F3N3O4. The molecule has 1 N–H and O–H groups in total. The summed E-state index contributed by atoms with van der Waals surface area (Å²) in [5.74, 6) is -0.275. The first-order valence-corrected chi connectivity index (χ1v) is 10.6. The number of alkyl halides is 3. The van der Waals surface area contributed by atoms with E-state index in [0.29, 0.717) is 17.3 Å². The molecule has 0 saturated carbocycles. The summed E-state index contributed by atoms with van der Waals surface area (Å²) in [6.45, 7) is 0.0310. The number of aromatic nitrogens is 1. The summed E-state index contributed by atoms with van der Waals surface area (Å²) in [6, 6.07) is 11.7. The van der Waals surface area contributed by atoms with E-state index in [-0.39, 0.29) is 39.7 Å². The Kier molecular flexibility index (Phi) is 8.42. The van der Waals surface area contributed by atoms with Crippen molar-refractivity contribution < 1.29 is 32.3 Å². The number of carbonyl (C=O) groups is 1. The van der Waals surface area contributed by atoms with Crippen LogP contribution in [0.15, 0.2) is 59.9 Å². The number of oxime groups is 1. The van der Waals surface area contributed by atoms with E-state index in [1.807, 2.05) is 0 Å². The maximum Gasteiger partial charge on any atom is 0.417 e. The standard InChI is InChI=1S/C23H18Cl2F3N3O4/c1-29-22(32)20(31-33-2)16-6-4-3-5-13(16)12-34-15-9-17(24)21(18(25)10-15)35-19-8-7-14(11-30-19)23(26,27)28/h3-11H,12H2,1-2H3,(H,29,32)/b31-20+. The van der Waals surface area contributed by atoms with Crippen molar-refractivity contribution in [2.75, 3.05) is 14.2 Å². The molecular weight excluding hydrogens is 510 g/mol. The first kappa shape index (κ1) is 26.1. The Morgan fingerprint density at radius 2 is 1.80 bits per heavy atom. The summed E-state index contributed by atoms with van der Waals surface area (Å²) in [4.78, 5) is 20.6. The van der Waals surface area contributed by atoms with Crippen molar-refractivity contribution in [3.8, 4) is 17.4 Å². The van der Waals surface area contributed by atoms with E-state index in [1.54, 1.807) is 24.3 Å². The van der Waals surface area contributed by atoms with Gasteiger partial charge in [0.1, 0.15) is 19.5 Å². The summed E-state index contributed by atoms with van der Waals surface area (Å²) < 4.78 is 49.4. The zero-order valence-corrected chi connectivity index (χ0v) is 19.8. The molecule has 2 aromatic carbocycles. The fourth-order valence-electron chi connectivity index (χ4n) is 2.89. The van der Waals surface area contributed by atoms with E-state index in [4.69, 9.17) is 37.5 Å². The van der Waals surface area contributed by atoms with Gasteiger partial charge < -0.3 is 19.6 Å². The highest BCUT2D eigenvalue weighted by atomic mass is 35.5. The van der Waals surface area contributed by atoms with Crippen molar-refractivity contribution in [3.63, 3.8) is 0 Å². The number of rotatable bonds is 8. The summed E-state index contributed by atoms with van der Waals surface area (Å²) in [5.41, 5.74) is 0.284. The van der Waals surface area contributed by atoms with Crippen LogP contribution in [0, 0.1) is 0 Å². The number of ether oxygens (including phenoxy) is 2. The zero-order valence-electron chi connectivity index (χ0n) is 18.3. The third kappa shape index (κ3) is 6.55. The zero-order chi connectivity index (χ0) is 25.6. The second-order valence-electron chi connectivity index (χ2n) is 6.85. The van der Waals surface area contributed by atoms with E-state index < -0.39 is 17.6 Å². The number of carbonyl (C=O) groups excluding carboxylic acids is 1. The van der Waals surface area contributed by atoms with Gasteiger partial charge in [-0.25, -0.2) is 4.98 Å². The SMILES string of the molecule is CNC(=O)/C(=N/OC)c1ccccc1COc1cc(Cl)c(Oc2ccc(C(F)(F)F)cn2)c(Cl)c1. The molecule has 1 aromatic heterocycles. The molecule has 3 rings (SSSR count). The maximum atomic E-state index is 12.7. The lowest BCUT2D eigenvalue weighted by molar-refractivity contribution is -0.137. The Labute approximate surface area is 208 Å². The molecule has 0 saturated heterocycles. The van der Waals surface area contributed by atoms with Gasteiger partial charge in [-0.3, -0.25) is 4.79 Å². The molecule has 0 radical (unpaired) electrons. The monoisotopic (exact) mass is 527 g/mol. The lowest BCUT2D eigenvalue weighted by atomic mass is 10.0. The van der Waals surface area contributed by atoms with Gasteiger partial charge in [-0.15, -0.1) is 0 Å². The molecule has 0 bridgehead atoms. The predicted octanol–water partition coefficient (Wildman–Crippen LogP) is 5.88. The third-order valence-electron chi connectivity index (χ3n) is 4.53. The molecule has 0 unspecified atom stereocenters. The van der Waals surface area contributed by atoms with Crippen LogP contribution in [0.25, 0.3) is 0 Å². The van der Waals surface area contributed by atoms with Gasteiger partial charge in [-0.1, -0.05) is 52.6 Å². The van der Waals surface area contributed by atoms with Gasteiger partial charge in [0, 0.05) is 37.0 Å². The van der Waals surface area contributed by atoms with Gasteiger partial charge >= 0.3 is 6.18 Å². The first-order valence-electron chi connectivity index (χ1n) is 9.88. The largest absolute Gasteiger partial charge is 0.489 e. The number of halogens is 5. The second kappa shape index (κ2) is 11.3. The molecule has 1 heterocycles. The molecule has 0 aliphatic rings. The van der Waals surface area contributed by atoms with Gasteiger partial charge in [0.15, 0.2) is 11.5 Å². The fourth-order valence-corrected chi connectivity index (χ4v) is 3.44. The minimum Gasteiger partial charge on any atom is -0.489 e. The second-order valence-corrected chi connectivity index (χ2v) is 7.66. The number of hydrogen-bond donors (Lipinski definition) is 1. The number of pyridine rings is 1. The fraction of sp³-hybridized carbons (Fsp3) is 0.174. The number of nitrogens with zero attached hydrogens (tertiary/aromatic N) is 2. The van der Waals surface area contributed by atoms with Crippen molar-refractivity contribution in [2.24, 2.45) is 5.16 Å². The summed E-state index contributed by atoms with van der Waals surface area (Å²) >= 11 is 12.5. The van der Waals surface area contributed by atoms with Crippen LogP contribution < -0.4 is 14.8 Å². The number of likely N-dealkylation sites (N-methyl/N-ethyl adjacent to an activating group) is 1. The average molecular weight is 528 g/mol. The first-order chi connectivity index (χ1) is 16.6. The van der Waals surface area contributed by atoms with E-state index in [2.05, 4.69) is 15.5 Å².